The van der Waals surface area contributed by atoms with E-state index < -0.39 is 11.9 Å². The van der Waals surface area contributed by atoms with E-state index in [-0.39, 0.29) is 24.3 Å². The van der Waals surface area contributed by atoms with Crippen molar-refractivity contribution in [2.24, 2.45) is 0 Å². The van der Waals surface area contributed by atoms with Gasteiger partial charge >= 0.3 is 6.18 Å². The van der Waals surface area contributed by atoms with E-state index >= 15 is 0 Å². The van der Waals surface area contributed by atoms with Crippen LogP contribution in [0.25, 0.3) is 0 Å². The van der Waals surface area contributed by atoms with Crippen LogP contribution in [0.2, 0.25) is 0 Å². The van der Waals surface area contributed by atoms with E-state index in [1.165, 1.54) is 10.7 Å². The SMILES string of the molecule is CCC1C(=O)Nc2c(C)nc(NCc3cnn(Cc4ccc(C(F)(F)F)o4)c3)nc2N1C. The van der Waals surface area contributed by atoms with E-state index in [9.17, 15) is 18.0 Å². The highest BCUT2D eigenvalue weighted by Crippen LogP contribution is 2.33. The largest absolute Gasteiger partial charge is 0.455 e. The number of aryl methyl sites for hydroxylation is 1. The fourth-order valence-corrected chi connectivity index (χ4v) is 3.57. The van der Waals surface area contributed by atoms with Gasteiger partial charge in [-0.3, -0.25) is 9.48 Å². The summed E-state index contributed by atoms with van der Waals surface area (Å²) in [5.41, 5.74) is 2.03. The lowest BCUT2D eigenvalue weighted by atomic mass is 10.1. The van der Waals surface area contributed by atoms with Crippen LogP contribution in [0, 0.1) is 6.92 Å². The number of fused-ring (bicyclic) bond motifs is 1. The van der Waals surface area contributed by atoms with Gasteiger partial charge in [0.05, 0.1) is 18.4 Å². The van der Waals surface area contributed by atoms with E-state index in [2.05, 4.69) is 25.7 Å². The maximum atomic E-state index is 12.7. The standard InChI is InChI=1S/C20H22F3N7O2/c1-4-14-18(31)27-16-11(2)26-19(28-17(16)29(14)3)24-7-12-8-25-30(9-12)10-13-5-6-15(32-13)20(21,22)23/h5-6,8-9,14H,4,7,10H2,1-3H3,(H,27,31)(H,24,26,28). The predicted molar refractivity (Wildman–Crippen MR) is 110 cm³/mol. The fraction of sp³-hybridized carbons (Fsp3) is 0.400. The van der Waals surface area contributed by atoms with Gasteiger partial charge in [0.25, 0.3) is 0 Å². The molecule has 1 atom stereocenters. The van der Waals surface area contributed by atoms with Crippen molar-refractivity contribution in [1.82, 2.24) is 19.7 Å². The Morgan fingerprint density at radius 3 is 2.75 bits per heavy atom. The van der Waals surface area contributed by atoms with Crippen LogP contribution in [0.5, 0.6) is 0 Å². The van der Waals surface area contributed by atoms with Gasteiger partial charge in [-0.1, -0.05) is 6.92 Å². The number of amides is 1. The van der Waals surface area contributed by atoms with Crippen LogP contribution in [0.1, 0.15) is 36.1 Å². The number of carbonyl (C=O) groups is 1. The number of nitrogens with one attached hydrogen (secondary N) is 2. The molecule has 2 N–H and O–H groups in total. The fourth-order valence-electron chi connectivity index (χ4n) is 3.57. The number of likely N-dealkylation sites (N-methyl/N-ethyl adjacent to an activating group) is 1. The van der Waals surface area contributed by atoms with Crippen molar-refractivity contribution in [1.29, 1.82) is 0 Å². The molecule has 0 aromatic carbocycles. The van der Waals surface area contributed by atoms with Gasteiger partial charge in [0, 0.05) is 25.4 Å². The maximum Gasteiger partial charge on any atom is 0.449 e. The second-order valence-corrected chi connectivity index (χ2v) is 7.52. The van der Waals surface area contributed by atoms with Gasteiger partial charge in [-0.25, -0.2) is 4.98 Å². The first-order valence-electron chi connectivity index (χ1n) is 9.99. The summed E-state index contributed by atoms with van der Waals surface area (Å²) in [7, 11) is 1.82. The molecule has 12 heteroatoms. The van der Waals surface area contributed by atoms with Crippen molar-refractivity contribution in [2.75, 3.05) is 22.6 Å². The van der Waals surface area contributed by atoms with Crippen LogP contribution in [0.4, 0.5) is 30.6 Å². The Hall–Kier alpha value is -3.57. The van der Waals surface area contributed by atoms with E-state index in [4.69, 9.17) is 4.42 Å². The normalized spacial score (nSPS) is 16.1. The molecule has 0 spiro atoms. The van der Waals surface area contributed by atoms with Gasteiger partial charge in [0.15, 0.2) is 5.82 Å². The van der Waals surface area contributed by atoms with Crippen LogP contribution >= 0.6 is 0 Å². The first-order chi connectivity index (χ1) is 15.2. The highest BCUT2D eigenvalue weighted by atomic mass is 19.4. The molecule has 0 fully saturated rings. The molecule has 1 aliphatic heterocycles. The number of anilines is 3. The molecule has 0 bridgehead atoms. The number of aromatic nitrogens is 4. The van der Waals surface area contributed by atoms with Crippen molar-refractivity contribution in [3.8, 4) is 0 Å². The molecule has 170 valence electrons. The summed E-state index contributed by atoms with van der Waals surface area (Å²) in [5, 5.41) is 10.2. The van der Waals surface area contributed by atoms with Gasteiger partial charge in [0.1, 0.15) is 17.5 Å². The second-order valence-electron chi connectivity index (χ2n) is 7.52. The van der Waals surface area contributed by atoms with E-state index in [0.29, 0.717) is 36.1 Å². The maximum absolute atomic E-state index is 12.7. The predicted octanol–water partition coefficient (Wildman–Crippen LogP) is 3.42. The molecule has 4 rings (SSSR count). The Balaban J connectivity index is 1.43. The van der Waals surface area contributed by atoms with Crippen LogP contribution in [0.3, 0.4) is 0 Å². The van der Waals surface area contributed by atoms with Crippen molar-refractivity contribution < 1.29 is 22.4 Å². The van der Waals surface area contributed by atoms with Crippen LogP contribution in [-0.4, -0.2) is 38.7 Å². The van der Waals surface area contributed by atoms with Crippen LogP contribution in [-0.2, 0) is 24.1 Å². The zero-order valence-corrected chi connectivity index (χ0v) is 17.7. The third-order valence-electron chi connectivity index (χ3n) is 5.21. The van der Waals surface area contributed by atoms with Gasteiger partial charge in [-0.2, -0.15) is 23.3 Å². The first-order valence-corrected chi connectivity index (χ1v) is 9.99. The third kappa shape index (κ3) is 4.25. The smallest absolute Gasteiger partial charge is 0.449 e. The van der Waals surface area contributed by atoms with Crippen molar-refractivity contribution in [3.05, 3.63) is 47.3 Å². The van der Waals surface area contributed by atoms with Crippen molar-refractivity contribution >= 4 is 23.4 Å². The van der Waals surface area contributed by atoms with E-state index in [1.807, 2.05) is 18.9 Å². The molecular formula is C20H22F3N7O2. The Morgan fingerprint density at radius 2 is 2.06 bits per heavy atom. The van der Waals surface area contributed by atoms with E-state index in [1.54, 1.807) is 19.3 Å². The average Bonchev–Trinajstić information content (AvgIpc) is 3.37. The average molecular weight is 449 g/mol. The molecule has 9 nitrogen and oxygen atoms in total. The molecule has 0 aliphatic carbocycles. The molecule has 1 unspecified atom stereocenters. The first kappa shape index (κ1) is 21.7. The Kier molecular flexibility index (Phi) is 5.53. The molecule has 0 saturated carbocycles. The summed E-state index contributed by atoms with van der Waals surface area (Å²) in [6.45, 7) is 4.16. The summed E-state index contributed by atoms with van der Waals surface area (Å²) in [6, 6.07) is 1.88. The Bertz CT molecular complexity index is 1140. The number of carbonyl (C=O) groups excluding carboxylic acids is 1. The minimum Gasteiger partial charge on any atom is -0.455 e. The number of nitrogens with zero attached hydrogens (tertiary/aromatic N) is 5. The van der Waals surface area contributed by atoms with Gasteiger partial charge in [0.2, 0.25) is 17.6 Å². The summed E-state index contributed by atoms with van der Waals surface area (Å²) in [4.78, 5) is 23.0. The lowest BCUT2D eigenvalue weighted by molar-refractivity contribution is -0.153. The highest BCUT2D eigenvalue weighted by Gasteiger charge is 2.35. The summed E-state index contributed by atoms with van der Waals surface area (Å²) in [6.07, 6.45) is -0.565. The number of hydrogen-bond donors (Lipinski definition) is 2. The quantitative estimate of drug-likeness (QED) is 0.595. The molecule has 0 radical (unpaired) electrons. The van der Waals surface area contributed by atoms with Crippen molar-refractivity contribution in [2.45, 2.75) is 45.6 Å². The molecule has 0 saturated heterocycles. The zero-order valence-electron chi connectivity index (χ0n) is 17.7. The zero-order chi connectivity index (χ0) is 23.0. The molecule has 4 heterocycles. The number of rotatable bonds is 6. The number of hydrogen-bond acceptors (Lipinski definition) is 7. The molecule has 32 heavy (non-hydrogen) atoms. The van der Waals surface area contributed by atoms with E-state index in [0.717, 1.165) is 11.6 Å². The molecular weight excluding hydrogens is 427 g/mol. The highest BCUT2D eigenvalue weighted by molar-refractivity contribution is 6.03. The topological polar surface area (TPSA) is 101 Å². The Morgan fingerprint density at radius 1 is 1.28 bits per heavy atom. The third-order valence-corrected chi connectivity index (χ3v) is 5.21. The number of halogens is 3. The number of furan rings is 1. The summed E-state index contributed by atoms with van der Waals surface area (Å²) >= 11 is 0. The second kappa shape index (κ2) is 8.17. The lowest BCUT2D eigenvalue weighted by Crippen LogP contribution is -2.46. The van der Waals surface area contributed by atoms with Gasteiger partial charge < -0.3 is 20.0 Å². The van der Waals surface area contributed by atoms with Crippen LogP contribution < -0.4 is 15.5 Å². The van der Waals surface area contributed by atoms with Crippen LogP contribution in [0.15, 0.2) is 28.9 Å². The van der Waals surface area contributed by atoms with Gasteiger partial charge in [-0.05, 0) is 25.5 Å². The molecule has 3 aromatic heterocycles. The summed E-state index contributed by atoms with van der Waals surface area (Å²) < 4.78 is 44.3. The monoisotopic (exact) mass is 449 g/mol. The van der Waals surface area contributed by atoms with Gasteiger partial charge in [-0.15, -0.1) is 0 Å². The Labute approximate surface area is 181 Å². The summed E-state index contributed by atoms with van der Waals surface area (Å²) in [5.74, 6) is 0.0754. The molecule has 1 amide bonds. The molecule has 3 aromatic rings. The minimum absolute atomic E-state index is 0.0768. The molecule has 1 aliphatic rings. The van der Waals surface area contributed by atoms with Crippen molar-refractivity contribution in [3.63, 3.8) is 0 Å². The number of alkyl halides is 3. The lowest BCUT2D eigenvalue weighted by Gasteiger charge is -2.34. The minimum atomic E-state index is -4.52.